The van der Waals surface area contributed by atoms with Gasteiger partial charge in [0.25, 0.3) is 0 Å². The third-order valence-corrected chi connectivity index (χ3v) is 6.05. The number of aldehydes is 1. The van der Waals surface area contributed by atoms with Gasteiger partial charge >= 0.3 is 0 Å². The van der Waals surface area contributed by atoms with E-state index in [1.165, 1.54) is 16.7 Å². The normalized spacial score (nSPS) is 19.0. The van der Waals surface area contributed by atoms with Gasteiger partial charge in [-0.25, -0.2) is 0 Å². The number of hydrogen-bond donors (Lipinski definition) is 0. The van der Waals surface area contributed by atoms with Crippen molar-refractivity contribution in [1.82, 2.24) is 9.88 Å². The van der Waals surface area contributed by atoms with E-state index in [1.54, 1.807) is 26.6 Å². The molecule has 1 saturated heterocycles. The minimum absolute atomic E-state index is 0.0113. The molecule has 2 atom stereocenters. The van der Waals surface area contributed by atoms with Crippen molar-refractivity contribution in [3.63, 3.8) is 0 Å². The van der Waals surface area contributed by atoms with Crippen LogP contribution in [0.1, 0.15) is 36.4 Å². The molecular formula is C26H28N2O3. The van der Waals surface area contributed by atoms with Gasteiger partial charge in [-0.2, -0.15) is 0 Å². The second-order valence-electron chi connectivity index (χ2n) is 7.85. The number of carbonyl (C=O) groups excluding carboxylic acids is 1. The lowest BCUT2D eigenvalue weighted by Gasteiger charge is -2.40. The van der Waals surface area contributed by atoms with Gasteiger partial charge in [0.05, 0.1) is 38.2 Å². The number of rotatable bonds is 7. The van der Waals surface area contributed by atoms with Crippen molar-refractivity contribution in [3.05, 3.63) is 78.1 Å². The molecule has 0 aliphatic carbocycles. The van der Waals surface area contributed by atoms with Crippen molar-refractivity contribution in [1.29, 1.82) is 0 Å². The first-order chi connectivity index (χ1) is 15.2. The summed E-state index contributed by atoms with van der Waals surface area (Å²) in [6.07, 6.45) is 7.28. The van der Waals surface area contributed by atoms with Gasteiger partial charge in [-0.1, -0.05) is 48.5 Å². The summed E-state index contributed by atoms with van der Waals surface area (Å²) in [6, 6.07) is 18.8. The van der Waals surface area contributed by atoms with E-state index in [9.17, 15) is 4.79 Å². The van der Waals surface area contributed by atoms with Crippen molar-refractivity contribution in [2.75, 3.05) is 14.2 Å². The summed E-state index contributed by atoms with van der Waals surface area (Å²) in [6.45, 7) is 0.670. The fraction of sp³-hybridized carbons (Fsp3) is 0.308. The molecule has 1 fully saturated rings. The van der Waals surface area contributed by atoms with E-state index >= 15 is 0 Å². The molecule has 0 spiro atoms. The molecule has 5 nitrogen and oxygen atoms in total. The number of methoxy groups -OCH3 is 2. The molecule has 0 N–H and O–H groups in total. The van der Waals surface area contributed by atoms with Crippen LogP contribution in [0.25, 0.3) is 11.1 Å². The van der Waals surface area contributed by atoms with Gasteiger partial charge in [-0.15, -0.1) is 0 Å². The number of likely N-dealkylation sites (tertiary alicyclic amines) is 1. The average Bonchev–Trinajstić information content (AvgIpc) is 2.84. The van der Waals surface area contributed by atoms with Crippen LogP contribution >= 0.6 is 0 Å². The molecule has 5 heteroatoms. The molecule has 0 bridgehead atoms. The van der Waals surface area contributed by atoms with Crippen molar-refractivity contribution < 1.29 is 14.3 Å². The highest BCUT2D eigenvalue weighted by Gasteiger charge is 2.35. The van der Waals surface area contributed by atoms with Crippen molar-refractivity contribution in [3.8, 4) is 22.6 Å². The Morgan fingerprint density at radius 2 is 1.68 bits per heavy atom. The van der Waals surface area contributed by atoms with Crippen LogP contribution in [0, 0.1) is 0 Å². The second-order valence-corrected chi connectivity index (χ2v) is 7.85. The number of benzene rings is 2. The molecule has 0 radical (unpaired) electrons. The lowest BCUT2D eigenvalue weighted by molar-refractivity contribution is -0.115. The third kappa shape index (κ3) is 4.47. The maximum Gasteiger partial charge on any atom is 0.145 e. The first-order valence-electron chi connectivity index (χ1n) is 10.7. The van der Waals surface area contributed by atoms with Crippen LogP contribution in [0.2, 0.25) is 0 Å². The Balaban J connectivity index is 1.71. The Hall–Kier alpha value is -3.18. The molecule has 31 heavy (non-hydrogen) atoms. The van der Waals surface area contributed by atoms with Crippen molar-refractivity contribution in [2.45, 2.75) is 37.9 Å². The third-order valence-electron chi connectivity index (χ3n) is 6.05. The van der Waals surface area contributed by atoms with Crippen LogP contribution in [-0.2, 0) is 11.3 Å². The van der Waals surface area contributed by atoms with Gasteiger partial charge in [-0.3, -0.25) is 9.88 Å². The van der Waals surface area contributed by atoms with Crippen LogP contribution < -0.4 is 9.47 Å². The quantitative estimate of drug-likeness (QED) is 0.504. The number of aromatic nitrogens is 1. The molecule has 1 aliphatic rings. The monoisotopic (exact) mass is 416 g/mol. The van der Waals surface area contributed by atoms with Gasteiger partial charge in [-0.05, 0) is 42.0 Å². The molecule has 3 aromatic rings. The fourth-order valence-electron chi connectivity index (χ4n) is 4.54. The molecule has 2 aromatic carbocycles. The van der Waals surface area contributed by atoms with E-state index in [0.29, 0.717) is 18.0 Å². The summed E-state index contributed by atoms with van der Waals surface area (Å²) in [5.74, 6) is 1.39. The summed E-state index contributed by atoms with van der Waals surface area (Å²) < 4.78 is 11.3. The van der Waals surface area contributed by atoms with E-state index < -0.39 is 0 Å². The molecule has 1 aromatic heterocycles. The van der Waals surface area contributed by atoms with Gasteiger partial charge in [0.2, 0.25) is 0 Å². The SMILES string of the molecule is COc1cncc(OC)c1C1CCCC(C=O)N1Cc1cccc(-c2ccccc2)c1. The van der Waals surface area contributed by atoms with Gasteiger partial charge in [0.1, 0.15) is 17.8 Å². The van der Waals surface area contributed by atoms with E-state index in [1.807, 2.05) is 18.2 Å². The second kappa shape index (κ2) is 9.75. The summed E-state index contributed by atoms with van der Waals surface area (Å²) in [5, 5.41) is 0. The van der Waals surface area contributed by atoms with Crippen LogP contribution in [0.5, 0.6) is 11.5 Å². The predicted molar refractivity (Wildman–Crippen MR) is 121 cm³/mol. The van der Waals surface area contributed by atoms with E-state index in [0.717, 1.165) is 31.1 Å². The standard InChI is InChI=1S/C26H28N2O3/c1-30-24-15-27-16-25(31-2)26(24)23-13-7-12-22(18-29)28(23)17-19-8-6-11-21(14-19)20-9-4-3-5-10-20/h3-6,8-11,14-16,18,22-23H,7,12-13,17H2,1-2H3. The van der Waals surface area contributed by atoms with Gasteiger partial charge in [0, 0.05) is 12.6 Å². The average molecular weight is 417 g/mol. The minimum atomic E-state index is -0.151. The first-order valence-corrected chi connectivity index (χ1v) is 10.7. The molecule has 0 amide bonds. The fourth-order valence-corrected chi connectivity index (χ4v) is 4.54. The zero-order valence-corrected chi connectivity index (χ0v) is 18.0. The van der Waals surface area contributed by atoms with E-state index in [4.69, 9.17) is 9.47 Å². The summed E-state index contributed by atoms with van der Waals surface area (Å²) in [7, 11) is 3.29. The number of piperidine rings is 1. The topological polar surface area (TPSA) is 51.7 Å². The lowest BCUT2D eigenvalue weighted by Crippen LogP contribution is -2.42. The highest BCUT2D eigenvalue weighted by molar-refractivity contribution is 5.64. The largest absolute Gasteiger partial charge is 0.495 e. The van der Waals surface area contributed by atoms with Crippen LogP contribution in [-0.4, -0.2) is 36.4 Å². The van der Waals surface area contributed by atoms with Crippen molar-refractivity contribution in [2.24, 2.45) is 0 Å². The Morgan fingerprint density at radius 3 is 2.35 bits per heavy atom. The van der Waals surface area contributed by atoms with Gasteiger partial charge < -0.3 is 14.3 Å². The zero-order valence-electron chi connectivity index (χ0n) is 18.0. The Kier molecular flexibility index (Phi) is 6.63. The maximum atomic E-state index is 12.0. The van der Waals surface area contributed by atoms with Crippen LogP contribution in [0.15, 0.2) is 67.0 Å². The van der Waals surface area contributed by atoms with Crippen molar-refractivity contribution >= 4 is 6.29 Å². The zero-order chi connectivity index (χ0) is 21.6. The highest BCUT2D eigenvalue weighted by Crippen LogP contribution is 2.43. The molecule has 0 saturated carbocycles. The van der Waals surface area contributed by atoms with Crippen LogP contribution in [0.3, 0.4) is 0 Å². The summed E-state index contributed by atoms with van der Waals surface area (Å²) in [4.78, 5) is 18.5. The minimum Gasteiger partial charge on any atom is -0.495 e. The Bertz CT molecular complexity index is 1000. The van der Waals surface area contributed by atoms with Crippen LogP contribution in [0.4, 0.5) is 0 Å². The number of hydrogen-bond acceptors (Lipinski definition) is 5. The van der Waals surface area contributed by atoms with Gasteiger partial charge in [0.15, 0.2) is 0 Å². The predicted octanol–water partition coefficient (Wildman–Crippen LogP) is 5.06. The lowest BCUT2D eigenvalue weighted by atomic mass is 9.90. The molecule has 2 heterocycles. The number of nitrogens with zero attached hydrogens (tertiary/aromatic N) is 2. The maximum absolute atomic E-state index is 12.0. The molecule has 160 valence electrons. The molecule has 2 unspecified atom stereocenters. The Morgan fingerprint density at radius 1 is 0.968 bits per heavy atom. The molecule has 1 aliphatic heterocycles. The van der Waals surface area contributed by atoms with E-state index in [2.05, 4.69) is 46.3 Å². The first kappa shape index (κ1) is 21.1. The Labute approximate surface area is 183 Å². The molecular weight excluding hydrogens is 388 g/mol. The number of ether oxygens (including phenoxy) is 2. The number of pyridine rings is 1. The summed E-state index contributed by atoms with van der Waals surface area (Å²) >= 11 is 0. The smallest absolute Gasteiger partial charge is 0.145 e. The van der Waals surface area contributed by atoms with E-state index in [-0.39, 0.29) is 12.1 Å². The molecule has 4 rings (SSSR count). The summed E-state index contributed by atoms with van der Waals surface area (Å²) in [5.41, 5.74) is 4.50. The number of carbonyl (C=O) groups is 1. The highest BCUT2D eigenvalue weighted by atomic mass is 16.5.